The maximum atomic E-state index is 12.6. The van der Waals surface area contributed by atoms with Crippen LogP contribution in [0, 0.1) is 18.8 Å². The normalized spacial score (nSPS) is 11.9. The first-order valence-corrected chi connectivity index (χ1v) is 7.01. The lowest BCUT2D eigenvalue weighted by Crippen LogP contribution is -2.41. The first-order valence-electron chi connectivity index (χ1n) is 7.01. The highest BCUT2D eigenvalue weighted by atomic mass is 16.2. The van der Waals surface area contributed by atoms with Gasteiger partial charge in [-0.25, -0.2) is 9.78 Å². The number of H-pyrrole nitrogens is 1. The molecule has 0 radical (unpaired) electrons. The Morgan fingerprint density at radius 3 is 2.15 bits per heavy atom. The van der Waals surface area contributed by atoms with Gasteiger partial charge in [0.05, 0.1) is 0 Å². The molecule has 1 N–H and O–H groups in total. The molecule has 2 rings (SSSR count). The standard InChI is InChI=1S/C14H22N4O2/c1-8(2)6-17-12-11(15-10(5)16-12)13(19)18(14(17)20)7-9(3)4/h8-9H,6-7H2,1-5H3,(H,15,16). The number of nitrogens with one attached hydrogen (secondary N) is 1. The van der Waals surface area contributed by atoms with Crippen molar-refractivity contribution in [3.63, 3.8) is 0 Å². The first kappa shape index (κ1) is 14.6. The van der Waals surface area contributed by atoms with Crippen molar-refractivity contribution in [3.8, 4) is 0 Å². The number of hydrogen-bond acceptors (Lipinski definition) is 3. The molecule has 0 fully saturated rings. The quantitative estimate of drug-likeness (QED) is 0.921. The van der Waals surface area contributed by atoms with Crippen LogP contribution in [-0.4, -0.2) is 19.1 Å². The van der Waals surface area contributed by atoms with E-state index in [0.717, 1.165) is 0 Å². The summed E-state index contributed by atoms with van der Waals surface area (Å²) in [4.78, 5) is 32.2. The molecule has 0 aliphatic heterocycles. The molecule has 2 aromatic rings. The highest BCUT2D eigenvalue weighted by Gasteiger charge is 2.17. The Morgan fingerprint density at radius 1 is 1.05 bits per heavy atom. The minimum atomic E-state index is -0.278. The molecule has 0 unspecified atom stereocenters. The van der Waals surface area contributed by atoms with Gasteiger partial charge >= 0.3 is 5.69 Å². The van der Waals surface area contributed by atoms with E-state index in [1.165, 1.54) is 4.57 Å². The van der Waals surface area contributed by atoms with Crippen molar-refractivity contribution in [1.29, 1.82) is 0 Å². The number of aryl methyl sites for hydroxylation is 1. The van der Waals surface area contributed by atoms with Crippen molar-refractivity contribution in [2.75, 3.05) is 0 Å². The molecule has 0 aliphatic rings. The summed E-state index contributed by atoms with van der Waals surface area (Å²) >= 11 is 0. The van der Waals surface area contributed by atoms with Crippen molar-refractivity contribution >= 4 is 11.2 Å². The van der Waals surface area contributed by atoms with Crippen molar-refractivity contribution in [3.05, 3.63) is 26.7 Å². The van der Waals surface area contributed by atoms with E-state index in [-0.39, 0.29) is 17.2 Å². The van der Waals surface area contributed by atoms with E-state index in [0.29, 0.717) is 36.0 Å². The SMILES string of the molecule is Cc1nc2c([nH]1)c(=O)n(CC(C)C)c(=O)n2CC(C)C. The van der Waals surface area contributed by atoms with Crippen molar-refractivity contribution < 1.29 is 0 Å². The van der Waals surface area contributed by atoms with Gasteiger partial charge in [-0.1, -0.05) is 27.7 Å². The zero-order valence-corrected chi connectivity index (χ0v) is 12.7. The zero-order valence-electron chi connectivity index (χ0n) is 12.7. The maximum Gasteiger partial charge on any atom is 0.332 e. The number of fused-ring (bicyclic) bond motifs is 1. The Morgan fingerprint density at radius 2 is 1.60 bits per heavy atom. The van der Waals surface area contributed by atoms with Gasteiger partial charge in [0.25, 0.3) is 5.56 Å². The molecule has 0 aromatic carbocycles. The van der Waals surface area contributed by atoms with Crippen LogP contribution in [0.1, 0.15) is 33.5 Å². The van der Waals surface area contributed by atoms with Gasteiger partial charge in [-0.15, -0.1) is 0 Å². The fraction of sp³-hybridized carbons (Fsp3) is 0.643. The maximum absolute atomic E-state index is 12.6. The van der Waals surface area contributed by atoms with E-state index < -0.39 is 0 Å². The van der Waals surface area contributed by atoms with E-state index in [2.05, 4.69) is 9.97 Å². The van der Waals surface area contributed by atoms with Crippen LogP contribution in [0.5, 0.6) is 0 Å². The first-order chi connectivity index (χ1) is 9.31. The van der Waals surface area contributed by atoms with Crippen molar-refractivity contribution in [2.45, 2.75) is 47.7 Å². The highest BCUT2D eigenvalue weighted by molar-refractivity contribution is 5.69. The van der Waals surface area contributed by atoms with Crippen LogP contribution in [0.25, 0.3) is 11.2 Å². The lowest BCUT2D eigenvalue weighted by Gasteiger charge is -2.14. The topological polar surface area (TPSA) is 72.7 Å². The molecule has 0 saturated carbocycles. The molecule has 6 heteroatoms. The van der Waals surface area contributed by atoms with Crippen molar-refractivity contribution in [1.82, 2.24) is 19.1 Å². The second-order valence-corrected chi connectivity index (χ2v) is 6.12. The third-order valence-corrected chi connectivity index (χ3v) is 3.08. The summed E-state index contributed by atoms with van der Waals surface area (Å²) in [5, 5.41) is 0. The minimum Gasteiger partial charge on any atom is -0.336 e. The van der Waals surface area contributed by atoms with E-state index in [9.17, 15) is 9.59 Å². The second kappa shape index (κ2) is 5.26. The molecule has 2 aromatic heterocycles. The predicted molar refractivity (Wildman–Crippen MR) is 79.0 cm³/mol. The molecule has 0 amide bonds. The molecule has 110 valence electrons. The van der Waals surface area contributed by atoms with E-state index in [1.54, 1.807) is 11.5 Å². The van der Waals surface area contributed by atoms with Crippen LogP contribution in [-0.2, 0) is 13.1 Å². The van der Waals surface area contributed by atoms with Crippen LogP contribution in [0.4, 0.5) is 0 Å². The minimum absolute atomic E-state index is 0.231. The third kappa shape index (κ3) is 2.55. The Labute approximate surface area is 117 Å². The van der Waals surface area contributed by atoms with E-state index in [1.807, 2.05) is 27.7 Å². The lowest BCUT2D eigenvalue weighted by atomic mass is 10.2. The van der Waals surface area contributed by atoms with Crippen LogP contribution in [0.15, 0.2) is 9.59 Å². The number of rotatable bonds is 4. The Bertz CT molecular complexity index is 734. The van der Waals surface area contributed by atoms with Crippen LogP contribution >= 0.6 is 0 Å². The van der Waals surface area contributed by atoms with Gasteiger partial charge in [-0.3, -0.25) is 13.9 Å². The van der Waals surface area contributed by atoms with E-state index in [4.69, 9.17) is 0 Å². The smallest absolute Gasteiger partial charge is 0.332 e. The Kier molecular flexibility index (Phi) is 3.83. The fourth-order valence-electron chi connectivity index (χ4n) is 2.34. The van der Waals surface area contributed by atoms with Gasteiger partial charge in [-0.05, 0) is 18.8 Å². The molecule has 0 spiro atoms. The average Bonchev–Trinajstić information content (AvgIpc) is 2.71. The zero-order chi connectivity index (χ0) is 15.0. The molecule has 0 saturated heterocycles. The number of hydrogen-bond donors (Lipinski definition) is 1. The Hall–Kier alpha value is -1.85. The summed E-state index contributed by atoms with van der Waals surface area (Å²) < 4.78 is 2.92. The predicted octanol–water partition coefficient (Wildman–Crippen LogP) is 1.51. The lowest BCUT2D eigenvalue weighted by molar-refractivity contribution is 0.450. The van der Waals surface area contributed by atoms with Gasteiger partial charge in [0.15, 0.2) is 5.65 Å². The molecule has 0 bridgehead atoms. The summed E-state index contributed by atoms with van der Waals surface area (Å²) in [6.07, 6.45) is 0. The molecule has 0 aliphatic carbocycles. The number of nitrogens with zero attached hydrogens (tertiary/aromatic N) is 3. The summed E-state index contributed by atoms with van der Waals surface area (Å²) in [7, 11) is 0. The van der Waals surface area contributed by atoms with Crippen LogP contribution in [0.3, 0.4) is 0 Å². The van der Waals surface area contributed by atoms with Gasteiger partial charge in [0, 0.05) is 13.1 Å². The largest absolute Gasteiger partial charge is 0.336 e. The monoisotopic (exact) mass is 278 g/mol. The highest BCUT2D eigenvalue weighted by Crippen LogP contribution is 2.08. The number of aromatic amines is 1. The number of imidazole rings is 1. The molecule has 2 heterocycles. The fourth-order valence-corrected chi connectivity index (χ4v) is 2.34. The Balaban J connectivity index is 2.81. The van der Waals surface area contributed by atoms with Gasteiger partial charge in [0.1, 0.15) is 11.3 Å². The van der Waals surface area contributed by atoms with Crippen molar-refractivity contribution in [2.24, 2.45) is 11.8 Å². The number of aromatic nitrogens is 4. The second-order valence-electron chi connectivity index (χ2n) is 6.12. The molecule has 20 heavy (non-hydrogen) atoms. The summed E-state index contributed by atoms with van der Waals surface area (Å²) in [5.41, 5.74) is 0.338. The summed E-state index contributed by atoms with van der Waals surface area (Å²) in [6, 6.07) is 0. The third-order valence-electron chi connectivity index (χ3n) is 3.08. The van der Waals surface area contributed by atoms with Gasteiger partial charge < -0.3 is 4.98 Å². The van der Waals surface area contributed by atoms with Gasteiger partial charge in [-0.2, -0.15) is 0 Å². The van der Waals surface area contributed by atoms with Crippen LogP contribution < -0.4 is 11.2 Å². The van der Waals surface area contributed by atoms with Crippen LogP contribution in [0.2, 0.25) is 0 Å². The summed E-state index contributed by atoms with van der Waals surface area (Å²) in [5.74, 6) is 1.18. The molecular weight excluding hydrogens is 256 g/mol. The summed E-state index contributed by atoms with van der Waals surface area (Å²) in [6.45, 7) is 10.8. The molecule has 6 nitrogen and oxygen atoms in total. The van der Waals surface area contributed by atoms with E-state index >= 15 is 0 Å². The van der Waals surface area contributed by atoms with Gasteiger partial charge in [0.2, 0.25) is 0 Å². The molecule has 0 atom stereocenters. The molecular formula is C14H22N4O2. The average molecular weight is 278 g/mol.